The number of hydrogen-bond donors (Lipinski definition) is 1. The summed E-state index contributed by atoms with van der Waals surface area (Å²) >= 11 is 0. The van der Waals surface area contributed by atoms with Crippen molar-refractivity contribution in [2.24, 2.45) is 0 Å². The van der Waals surface area contributed by atoms with Gasteiger partial charge in [0.15, 0.2) is 44.5 Å². The molecule has 0 saturated heterocycles. The van der Waals surface area contributed by atoms with E-state index in [0.717, 1.165) is 10.4 Å². The van der Waals surface area contributed by atoms with Gasteiger partial charge in [-0.05, 0) is 90.3 Å². The van der Waals surface area contributed by atoms with Crippen molar-refractivity contribution in [2.75, 3.05) is 0 Å². The third-order valence-electron chi connectivity index (χ3n) is 7.01. The normalized spacial score (nSPS) is 15.2. The van der Waals surface area contributed by atoms with Crippen molar-refractivity contribution in [1.82, 2.24) is 0 Å². The summed E-state index contributed by atoms with van der Waals surface area (Å²) < 4.78 is 46.6. The Balaban J connectivity index is 0.000000444. The molecule has 0 amide bonds. The number of benzene rings is 3. The molecule has 0 aromatic heterocycles. The molecule has 2 unspecified atom stereocenters. The van der Waals surface area contributed by atoms with Gasteiger partial charge in [0, 0.05) is 10.4 Å². The lowest BCUT2D eigenvalue weighted by Gasteiger charge is -2.45. The molecule has 0 heterocycles. The maximum atomic E-state index is 10.8. The highest BCUT2D eigenvalue weighted by molar-refractivity contribution is 7.34. The topological polar surface area (TPSA) is 84.8 Å². The second-order valence-electron chi connectivity index (χ2n) is 15.5. The van der Waals surface area contributed by atoms with Gasteiger partial charge in [0.2, 0.25) is 0 Å². The predicted octanol–water partition coefficient (Wildman–Crippen LogP) is 5.16. The first kappa shape index (κ1) is 46.7. The van der Waals surface area contributed by atoms with Crippen molar-refractivity contribution in [2.45, 2.75) is 98.2 Å². The standard InChI is InChI=1S/C22H44O5Si7.C11H22O3Si3/c1-28(2)23-33(24-29(3)4,21-17-13-11-14-18-21)26-32(9,10)27-34(31(7)8,25-30(5)6)22-19-15-12-16-20-22;1-15(2)13-17(12,14-16(3,4)5)11-9-7-6-8-10-11/h11-20,28-31H,1-10H3;6-10,12,15H,1-5H3. The van der Waals surface area contributed by atoms with Crippen LogP contribution in [0.4, 0.5) is 0 Å². The van der Waals surface area contributed by atoms with Gasteiger partial charge >= 0.3 is 34.2 Å². The summed E-state index contributed by atoms with van der Waals surface area (Å²) in [4.78, 5) is 10.8. The fourth-order valence-electron chi connectivity index (χ4n) is 5.54. The van der Waals surface area contributed by atoms with Crippen LogP contribution in [0.3, 0.4) is 0 Å². The lowest BCUT2D eigenvalue weighted by molar-refractivity contribution is 0.246. The molecule has 51 heavy (non-hydrogen) atoms. The second-order valence-corrected chi connectivity index (χ2v) is 50.6. The maximum absolute atomic E-state index is 10.8. The highest BCUT2D eigenvalue weighted by Gasteiger charge is 2.55. The Morgan fingerprint density at radius 3 is 1.16 bits per heavy atom. The van der Waals surface area contributed by atoms with Crippen molar-refractivity contribution < 1.29 is 33.6 Å². The molecule has 0 fully saturated rings. The molecule has 0 aliphatic rings. The van der Waals surface area contributed by atoms with Gasteiger partial charge in [0.1, 0.15) is 0 Å². The largest absolute Gasteiger partial charge is 0.513 e. The average molecular weight is 872 g/mol. The summed E-state index contributed by atoms with van der Waals surface area (Å²) in [6.07, 6.45) is 0. The molecule has 0 aliphatic heterocycles. The molecular weight excluding hydrogens is 805 g/mol. The summed E-state index contributed by atoms with van der Waals surface area (Å²) in [6, 6.07) is 30.5. The quantitative estimate of drug-likeness (QED) is 0.176. The Labute approximate surface area is 323 Å². The molecule has 8 nitrogen and oxygen atoms in total. The van der Waals surface area contributed by atoms with Crippen LogP contribution < -0.4 is 15.6 Å². The monoisotopic (exact) mass is 870 g/mol. The van der Waals surface area contributed by atoms with E-state index in [2.05, 4.69) is 141 Å². The molecule has 18 heteroatoms. The summed E-state index contributed by atoms with van der Waals surface area (Å²) in [5.41, 5.74) is 0. The summed E-state index contributed by atoms with van der Waals surface area (Å²) in [7, 11) is -20.6. The fraction of sp³-hybridized carbons (Fsp3) is 0.455. The summed E-state index contributed by atoms with van der Waals surface area (Å²) in [5.74, 6) is 0. The third kappa shape index (κ3) is 15.3. The van der Waals surface area contributed by atoms with Gasteiger partial charge < -0.3 is 33.6 Å². The van der Waals surface area contributed by atoms with Gasteiger partial charge in [0.25, 0.3) is 0 Å². The molecule has 1 N–H and O–H groups in total. The molecule has 2 atom stereocenters. The van der Waals surface area contributed by atoms with E-state index in [0.29, 0.717) is 0 Å². The smallest absolute Gasteiger partial charge is 0.439 e. The van der Waals surface area contributed by atoms with Gasteiger partial charge in [-0.3, -0.25) is 0 Å². The fourth-order valence-corrected chi connectivity index (χ4v) is 48.8. The van der Waals surface area contributed by atoms with Crippen LogP contribution in [0.5, 0.6) is 0 Å². The van der Waals surface area contributed by atoms with E-state index >= 15 is 0 Å². The SMILES string of the molecule is C[SiH](C)O[Si](O)(O[Si](C)(C)C)c1ccccc1.C[SiH](C)O[Si](O[SiH](C)C)(O[Si](C)(C)O[Si](O[SiH](C)C)(c1ccccc1)[SiH](C)C)c1ccccc1. The first-order chi connectivity index (χ1) is 23.5. The summed E-state index contributed by atoms with van der Waals surface area (Å²) in [6.45, 7) is 32.6. The molecular formula is C33H66O8Si10. The van der Waals surface area contributed by atoms with Gasteiger partial charge in [-0.1, -0.05) is 104 Å². The Bertz CT molecular complexity index is 1410. The number of hydrogen-bond acceptors (Lipinski definition) is 8. The van der Waals surface area contributed by atoms with Crippen LogP contribution in [0.1, 0.15) is 0 Å². The van der Waals surface area contributed by atoms with Crippen molar-refractivity contribution in [3.05, 3.63) is 91.0 Å². The molecule has 286 valence electrons. The van der Waals surface area contributed by atoms with E-state index in [4.69, 9.17) is 28.8 Å². The molecule has 3 aromatic rings. The van der Waals surface area contributed by atoms with Crippen molar-refractivity contribution in [3.63, 3.8) is 0 Å². The Morgan fingerprint density at radius 1 is 0.431 bits per heavy atom. The van der Waals surface area contributed by atoms with Crippen LogP contribution in [0, 0.1) is 0 Å². The van der Waals surface area contributed by atoms with Crippen molar-refractivity contribution in [1.29, 1.82) is 0 Å². The van der Waals surface area contributed by atoms with E-state index in [1.807, 2.05) is 48.5 Å². The lowest BCUT2D eigenvalue weighted by atomic mass is 10.4. The van der Waals surface area contributed by atoms with Crippen LogP contribution in [0.25, 0.3) is 0 Å². The minimum absolute atomic E-state index is 0.809. The minimum Gasteiger partial charge on any atom is -0.439 e. The van der Waals surface area contributed by atoms with Crippen LogP contribution in [-0.4, -0.2) is 91.8 Å². The van der Waals surface area contributed by atoms with E-state index in [9.17, 15) is 4.80 Å². The Morgan fingerprint density at radius 2 is 0.804 bits per heavy atom. The molecule has 3 aromatic carbocycles. The molecule has 0 saturated carbocycles. The van der Waals surface area contributed by atoms with Gasteiger partial charge in [-0.2, -0.15) is 0 Å². The van der Waals surface area contributed by atoms with Crippen LogP contribution in [-0.2, 0) is 28.8 Å². The zero-order chi connectivity index (χ0) is 38.7. The molecule has 3 rings (SSSR count). The highest BCUT2D eigenvalue weighted by Crippen LogP contribution is 2.26. The van der Waals surface area contributed by atoms with E-state index in [1.165, 1.54) is 5.19 Å². The van der Waals surface area contributed by atoms with E-state index in [1.54, 1.807) is 0 Å². The van der Waals surface area contributed by atoms with E-state index < -0.39 is 87.0 Å². The Kier molecular flexibility index (Phi) is 18.7. The predicted molar refractivity (Wildman–Crippen MR) is 241 cm³/mol. The van der Waals surface area contributed by atoms with Crippen molar-refractivity contribution >= 4 is 103 Å². The molecule has 0 spiro atoms. The number of rotatable bonds is 18. The van der Waals surface area contributed by atoms with Crippen molar-refractivity contribution in [3.8, 4) is 0 Å². The zero-order valence-corrected chi connectivity index (χ0v) is 44.6. The van der Waals surface area contributed by atoms with Crippen LogP contribution in [0.15, 0.2) is 91.0 Å². The van der Waals surface area contributed by atoms with Crippen LogP contribution in [0.2, 0.25) is 98.2 Å². The average Bonchev–Trinajstić information content (AvgIpc) is 2.99. The molecule has 0 bridgehead atoms. The lowest BCUT2D eigenvalue weighted by Crippen LogP contribution is -2.72. The zero-order valence-electron chi connectivity index (χ0n) is 33.9. The summed E-state index contributed by atoms with van der Waals surface area (Å²) in [5, 5.41) is 3.07. The Hall–Kier alpha value is -0.491. The molecule has 0 aliphatic carbocycles. The van der Waals surface area contributed by atoms with Gasteiger partial charge in [0.05, 0.1) is 8.31 Å². The first-order valence-electron chi connectivity index (χ1n) is 18.3. The molecule has 0 radical (unpaired) electrons. The van der Waals surface area contributed by atoms with Gasteiger partial charge in [-0.25, -0.2) is 0 Å². The van der Waals surface area contributed by atoms with Crippen LogP contribution >= 0.6 is 0 Å². The first-order valence-corrected chi connectivity index (χ1v) is 45.0. The van der Waals surface area contributed by atoms with E-state index in [-0.39, 0.29) is 0 Å². The maximum Gasteiger partial charge on any atom is 0.513 e. The third-order valence-corrected chi connectivity index (χ3v) is 42.1. The second kappa shape index (κ2) is 20.4. The highest BCUT2D eigenvalue weighted by atomic mass is 29.3. The minimum atomic E-state index is -3.20. The van der Waals surface area contributed by atoms with Gasteiger partial charge in [-0.15, -0.1) is 0 Å².